The van der Waals surface area contributed by atoms with Crippen molar-refractivity contribution in [2.24, 2.45) is 4.99 Å². The maximum Gasteiger partial charge on any atom is 0.422 e. The van der Waals surface area contributed by atoms with E-state index in [-0.39, 0.29) is 18.5 Å². The van der Waals surface area contributed by atoms with Gasteiger partial charge in [0, 0.05) is 44.0 Å². The molecule has 9 heteroatoms. The smallest absolute Gasteiger partial charge is 0.422 e. The number of alkyl halides is 3. The molecule has 0 unspecified atom stereocenters. The Hall–Kier alpha value is -2.81. The summed E-state index contributed by atoms with van der Waals surface area (Å²) in [7, 11) is 0. The minimum absolute atomic E-state index is 0.0429. The molecular weight excluding hydrogens is 419 g/mol. The van der Waals surface area contributed by atoms with Gasteiger partial charge in [-0.1, -0.05) is 36.4 Å². The number of pyridine rings is 1. The fourth-order valence-electron chi connectivity index (χ4n) is 3.58. The van der Waals surface area contributed by atoms with Crippen LogP contribution in [0.1, 0.15) is 30.9 Å². The van der Waals surface area contributed by atoms with Gasteiger partial charge >= 0.3 is 6.18 Å². The first kappa shape index (κ1) is 23.8. The molecule has 2 aromatic rings. The lowest BCUT2D eigenvalue weighted by Crippen LogP contribution is -2.48. The van der Waals surface area contributed by atoms with Gasteiger partial charge in [0.15, 0.2) is 12.6 Å². The Balaban J connectivity index is 1.54. The highest BCUT2D eigenvalue weighted by Gasteiger charge is 2.29. The minimum atomic E-state index is -4.41. The van der Waals surface area contributed by atoms with Crippen molar-refractivity contribution in [3.8, 4) is 5.88 Å². The molecule has 1 saturated heterocycles. The van der Waals surface area contributed by atoms with Crippen molar-refractivity contribution in [3.63, 3.8) is 0 Å². The van der Waals surface area contributed by atoms with E-state index in [9.17, 15) is 13.2 Å². The molecule has 1 aromatic heterocycles. The second-order valence-electron chi connectivity index (χ2n) is 7.75. The van der Waals surface area contributed by atoms with Crippen LogP contribution in [0.5, 0.6) is 5.88 Å². The van der Waals surface area contributed by atoms with Crippen LogP contribution in [0.25, 0.3) is 0 Å². The van der Waals surface area contributed by atoms with Crippen LogP contribution < -0.4 is 15.4 Å². The van der Waals surface area contributed by atoms with E-state index < -0.39 is 12.8 Å². The zero-order chi connectivity index (χ0) is 22.8. The zero-order valence-corrected chi connectivity index (χ0v) is 18.2. The lowest BCUT2D eigenvalue weighted by Gasteiger charge is -2.33. The van der Waals surface area contributed by atoms with Crippen LogP contribution in [0.15, 0.2) is 53.7 Å². The average Bonchev–Trinajstić information content (AvgIpc) is 2.78. The van der Waals surface area contributed by atoms with Gasteiger partial charge in [-0.15, -0.1) is 0 Å². The lowest BCUT2D eigenvalue weighted by molar-refractivity contribution is -0.154. The van der Waals surface area contributed by atoms with Crippen LogP contribution in [-0.2, 0) is 13.1 Å². The maximum atomic E-state index is 12.5. The first-order valence-corrected chi connectivity index (χ1v) is 10.9. The fourth-order valence-corrected chi connectivity index (χ4v) is 3.58. The third-order valence-corrected chi connectivity index (χ3v) is 5.15. The van der Waals surface area contributed by atoms with E-state index in [1.165, 1.54) is 11.8 Å². The quantitative estimate of drug-likeness (QED) is 0.475. The second-order valence-corrected chi connectivity index (χ2v) is 7.75. The van der Waals surface area contributed by atoms with E-state index in [2.05, 4.69) is 49.8 Å². The van der Waals surface area contributed by atoms with Crippen LogP contribution in [-0.4, -0.2) is 54.3 Å². The van der Waals surface area contributed by atoms with Gasteiger partial charge in [0.2, 0.25) is 5.88 Å². The molecule has 2 N–H and O–H groups in total. The summed E-state index contributed by atoms with van der Waals surface area (Å²) in [6.45, 7) is 4.38. The first-order valence-electron chi connectivity index (χ1n) is 10.9. The Kier molecular flexibility index (Phi) is 8.72. The summed E-state index contributed by atoms with van der Waals surface area (Å²) in [5.41, 5.74) is 1.82. The highest BCUT2D eigenvalue weighted by atomic mass is 19.4. The van der Waals surface area contributed by atoms with Crippen molar-refractivity contribution >= 4 is 5.96 Å². The van der Waals surface area contributed by atoms with Gasteiger partial charge in [-0.25, -0.2) is 9.98 Å². The van der Waals surface area contributed by atoms with Crippen molar-refractivity contribution in [2.45, 2.75) is 45.1 Å². The van der Waals surface area contributed by atoms with E-state index in [0.29, 0.717) is 18.1 Å². The third kappa shape index (κ3) is 8.03. The molecule has 1 aromatic carbocycles. The van der Waals surface area contributed by atoms with Crippen LogP contribution >= 0.6 is 0 Å². The van der Waals surface area contributed by atoms with Crippen molar-refractivity contribution in [1.29, 1.82) is 0 Å². The Morgan fingerprint density at radius 2 is 1.91 bits per heavy atom. The number of piperidine rings is 1. The van der Waals surface area contributed by atoms with Gasteiger partial charge in [0.25, 0.3) is 0 Å². The van der Waals surface area contributed by atoms with Crippen LogP contribution in [0.4, 0.5) is 13.2 Å². The summed E-state index contributed by atoms with van der Waals surface area (Å²) in [5.74, 6) is 0.596. The molecule has 1 aliphatic rings. The van der Waals surface area contributed by atoms with Crippen LogP contribution in [0.3, 0.4) is 0 Å². The number of hydrogen-bond donors (Lipinski definition) is 2. The lowest BCUT2D eigenvalue weighted by atomic mass is 10.0. The maximum absolute atomic E-state index is 12.5. The molecule has 2 heterocycles. The SMILES string of the molecule is CCNC(=NCc1cccnc1OCC(F)(F)F)NC1CCN(Cc2ccccc2)CC1. The predicted molar refractivity (Wildman–Crippen MR) is 118 cm³/mol. The fraction of sp³-hybridized carbons (Fsp3) is 0.478. The monoisotopic (exact) mass is 449 g/mol. The summed E-state index contributed by atoms with van der Waals surface area (Å²) in [4.78, 5) is 10.9. The molecule has 1 aliphatic heterocycles. The number of nitrogens with zero attached hydrogens (tertiary/aromatic N) is 3. The number of benzene rings is 1. The van der Waals surface area contributed by atoms with E-state index in [0.717, 1.165) is 32.5 Å². The minimum Gasteiger partial charge on any atom is -0.468 e. The summed E-state index contributed by atoms with van der Waals surface area (Å²) in [6, 6.07) is 14.1. The van der Waals surface area contributed by atoms with E-state index >= 15 is 0 Å². The molecule has 3 rings (SSSR count). The normalized spacial score (nSPS) is 16.1. The molecule has 0 radical (unpaired) electrons. The average molecular weight is 450 g/mol. The highest BCUT2D eigenvalue weighted by molar-refractivity contribution is 5.80. The topological polar surface area (TPSA) is 61.8 Å². The van der Waals surface area contributed by atoms with Gasteiger partial charge < -0.3 is 15.4 Å². The van der Waals surface area contributed by atoms with Gasteiger partial charge in [0.1, 0.15) is 0 Å². The summed E-state index contributed by atoms with van der Waals surface area (Å²) < 4.78 is 42.3. The molecule has 6 nitrogen and oxygen atoms in total. The van der Waals surface area contributed by atoms with Crippen molar-refractivity contribution in [2.75, 3.05) is 26.2 Å². The van der Waals surface area contributed by atoms with Gasteiger partial charge in [0.05, 0.1) is 6.54 Å². The molecular formula is C23H30F3N5O. The number of likely N-dealkylation sites (tertiary alicyclic amines) is 1. The molecule has 0 saturated carbocycles. The first-order chi connectivity index (χ1) is 15.4. The van der Waals surface area contributed by atoms with Crippen LogP contribution in [0, 0.1) is 0 Å². The predicted octanol–water partition coefficient (Wildman–Crippen LogP) is 3.74. The molecule has 0 spiro atoms. The zero-order valence-electron chi connectivity index (χ0n) is 18.2. The van der Waals surface area contributed by atoms with Crippen molar-refractivity contribution in [1.82, 2.24) is 20.5 Å². The molecule has 0 atom stereocenters. The summed E-state index contributed by atoms with van der Waals surface area (Å²) >= 11 is 0. The summed E-state index contributed by atoms with van der Waals surface area (Å²) in [6.07, 6.45) is -1.02. The molecule has 0 amide bonds. The van der Waals surface area contributed by atoms with E-state index in [1.54, 1.807) is 12.1 Å². The number of aromatic nitrogens is 1. The number of hydrogen-bond acceptors (Lipinski definition) is 4. The largest absolute Gasteiger partial charge is 0.468 e. The van der Waals surface area contributed by atoms with E-state index in [4.69, 9.17) is 4.74 Å². The molecule has 0 aliphatic carbocycles. The molecule has 174 valence electrons. The van der Waals surface area contributed by atoms with Gasteiger partial charge in [-0.3, -0.25) is 4.90 Å². The molecule has 32 heavy (non-hydrogen) atoms. The Morgan fingerprint density at radius 1 is 1.16 bits per heavy atom. The van der Waals surface area contributed by atoms with Crippen molar-refractivity contribution in [3.05, 3.63) is 59.8 Å². The Labute approximate surface area is 186 Å². The standard InChI is InChI=1S/C23H30F3N5O/c1-2-27-22(29-15-19-9-6-12-28-21(19)32-17-23(24,25)26)30-20-10-13-31(14-11-20)16-18-7-4-3-5-8-18/h3-9,12,20H,2,10-11,13-17H2,1H3,(H2,27,29,30). The van der Waals surface area contributed by atoms with Gasteiger partial charge in [-0.2, -0.15) is 13.2 Å². The summed E-state index contributed by atoms with van der Waals surface area (Å²) in [5, 5.41) is 6.67. The molecule has 1 fully saturated rings. The second kappa shape index (κ2) is 11.7. The Morgan fingerprint density at radius 3 is 2.59 bits per heavy atom. The number of guanidine groups is 1. The highest BCUT2D eigenvalue weighted by Crippen LogP contribution is 2.20. The third-order valence-electron chi connectivity index (χ3n) is 5.15. The number of ether oxygens (including phenoxy) is 1. The van der Waals surface area contributed by atoms with Crippen LogP contribution in [0.2, 0.25) is 0 Å². The number of nitrogens with one attached hydrogen (secondary N) is 2. The molecule has 0 bridgehead atoms. The van der Waals surface area contributed by atoms with Crippen molar-refractivity contribution < 1.29 is 17.9 Å². The van der Waals surface area contributed by atoms with Gasteiger partial charge in [-0.05, 0) is 31.4 Å². The number of halogens is 3. The number of rotatable bonds is 8. The number of aliphatic imine (C=N–C) groups is 1. The van der Waals surface area contributed by atoms with E-state index in [1.807, 2.05) is 13.0 Å². The Bertz CT molecular complexity index is 852.